The molecule has 7 nitrogen and oxygen atoms in total. The maximum atomic E-state index is 12.3. The van der Waals surface area contributed by atoms with E-state index in [0.29, 0.717) is 37.1 Å². The summed E-state index contributed by atoms with van der Waals surface area (Å²) in [7, 11) is 1.60. The fourth-order valence-electron chi connectivity index (χ4n) is 2.87. The van der Waals surface area contributed by atoms with Crippen molar-refractivity contribution in [1.29, 1.82) is 0 Å². The first-order valence-corrected chi connectivity index (χ1v) is 8.43. The zero-order valence-corrected chi connectivity index (χ0v) is 14.4. The van der Waals surface area contributed by atoms with Gasteiger partial charge in [-0.05, 0) is 25.0 Å². The van der Waals surface area contributed by atoms with E-state index in [9.17, 15) is 14.4 Å². The van der Waals surface area contributed by atoms with Gasteiger partial charge in [-0.3, -0.25) is 19.3 Å². The third-order valence-corrected chi connectivity index (χ3v) is 4.15. The van der Waals surface area contributed by atoms with Crippen molar-refractivity contribution in [2.75, 3.05) is 40.0 Å². The highest BCUT2D eigenvalue weighted by Crippen LogP contribution is 2.22. The van der Waals surface area contributed by atoms with E-state index in [1.54, 1.807) is 36.3 Å². The number of aliphatic hydroxyl groups excluding tert-OH is 1. The van der Waals surface area contributed by atoms with Gasteiger partial charge in [-0.25, -0.2) is 0 Å². The van der Waals surface area contributed by atoms with Gasteiger partial charge in [0.15, 0.2) is 0 Å². The molecule has 25 heavy (non-hydrogen) atoms. The Morgan fingerprint density at radius 1 is 1.12 bits per heavy atom. The lowest BCUT2D eigenvalue weighted by molar-refractivity contribution is -0.132. The number of imide groups is 1. The van der Waals surface area contributed by atoms with E-state index in [-0.39, 0.29) is 43.8 Å². The van der Waals surface area contributed by atoms with Gasteiger partial charge in [0, 0.05) is 39.8 Å². The Hall–Kier alpha value is -2.25. The molecule has 1 aromatic carbocycles. The zero-order chi connectivity index (χ0) is 18.2. The number of rotatable bonds is 10. The molecule has 0 unspecified atom stereocenters. The number of benzene rings is 1. The first kappa shape index (κ1) is 19.1. The molecule has 0 aliphatic carbocycles. The van der Waals surface area contributed by atoms with Crippen LogP contribution < -0.4 is 0 Å². The molecule has 1 heterocycles. The Bertz CT molecular complexity index is 597. The lowest BCUT2D eigenvalue weighted by Gasteiger charge is -2.22. The fourth-order valence-corrected chi connectivity index (χ4v) is 2.87. The largest absolute Gasteiger partial charge is 0.395 e. The molecule has 0 saturated carbocycles. The van der Waals surface area contributed by atoms with E-state index in [2.05, 4.69) is 0 Å². The van der Waals surface area contributed by atoms with Crippen LogP contribution in [-0.4, -0.2) is 72.6 Å². The van der Waals surface area contributed by atoms with Crippen molar-refractivity contribution in [1.82, 2.24) is 9.80 Å². The highest BCUT2D eigenvalue weighted by Gasteiger charge is 2.34. The molecule has 0 aromatic heterocycles. The van der Waals surface area contributed by atoms with Gasteiger partial charge in [-0.1, -0.05) is 12.1 Å². The monoisotopic (exact) mass is 348 g/mol. The first-order valence-electron chi connectivity index (χ1n) is 8.43. The third-order valence-electron chi connectivity index (χ3n) is 4.15. The van der Waals surface area contributed by atoms with Gasteiger partial charge in [-0.2, -0.15) is 0 Å². The van der Waals surface area contributed by atoms with E-state index in [1.807, 2.05) is 0 Å². The number of fused-ring (bicyclic) bond motifs is 1. The summed E-state index contributed by atoms with van der Waals surface area (Å²) in [5, 5.41) is 9.09. The molecule has 7 heteroatoms. The van der Waals surface area contributed by atoms with Crippen LogP contribution in [0, 0.1) is 0 Å². The van der Waals surface area contributed by atoms with Crippen LogP contribution in [0.2, 0.25) is 0 Å². The van der Waals surface area contributed by atoms with Crippen molar-refractivity contribution in [3.63, 3.8) is 0 Å². The number of aliphatic hydroxyl groups is 1. The number of carbonyl (C=O) groups is 3. The Labute approximate surface area is 147 Å². The Kier molecular flexibility index (Phi) is 7.09. The van der Waals surface area contributed by atoms with Crippen molar-refractivity contribution in [2.45, 2.75) is 19.3 Å². The molecule has 1 aromatic rings. The Balaban J connectivity index is 1.84. The number of hydrogen-bond donors (Lipinski definition) is 1. The van der Waals surface area contributed by atoms with Crippen LogP contribution in [0.5, 0.6) is 0 Å². The number of methoxy groups -OCH3 is 1. The minimum atomic E-state index is -0.305. The predicted octanol–water partition coefficient (Wildman–Crippen LogP) is 0.920. The lowest BCUT2D eigenvalue weighted by atomic mass is 10.1. The highest BCUT2D eigenvalue weighted by atomic mass is 16.5. The summed E-state index contributed by atoms with van der Waals surface area (Å²) in [6, 6.07) is 6.73. The summed E-state index contributed by atoms with van der Waals surface area (Å²) in [5.74, 6) is -0.706. The van der Waals surface area contributed by atoms with Gasteiger partial charge >= 0.3 is 0 Å². The second kappa shape index (κ2) is 9.29. The number of nitrogens with zero attached hydrogens (tertiary/aromatic N) is 2. The lowest BCUT2D eigenvalue weighted by Crippen LogP contribution is -2.36. The molecule has 1 aliphatic heterocycles. The number of hydrogen-bond acceptors (Lipinski definition) is 5. The van der Waals surface area contributed by atoms with E-state index in [4.69, 9.17) is 9.84 Å². The Morgan fingerprint density at radius 3 is 2.32 bits per heavy atom. The maximum Gasteiger partial charge on any atom is 0.261 e. The second-order valence-electron chi connectivity index (χ2n) is 5.86. The van der Waals surface area contributed by atoms with E-state index in [1.165, 1.54) is 4.90 Å². The van der Waals surface area contributed by atoms with Crippen LogP contribution in [0.4, 0.5) is 0 Å². The summed E-state index contributed by atoms with van der Waals surface area (Å²) in [5.41, 5.74) is 0.834. The van der Waals surface area contributed by atoms with Crippen molar-refractivity contribution in [3.8, 4) is 0 Å². The molecule has 0 radical (unpaired) electrons. The van der Waals surface area contributed by atoms with Crippen LogP contribution >= 0.6 is 0 Å². The minimum absolute atomic E-state index is 0.0956. The SMILES string of the molecule is COCCCN(CCO)C(=O)CCCN1C(=O)c2ccccc2C1=O. The summed E-state index contributed by atoms with van der Waals surface area (Å²) in [6.07, 6.45) is 1.32. The van der Waals surface area contributed by atoms with Crippen molar-refractivity contribution < 1.29 is 24.2 Å². The summed E-state index contributed by atoms with van der Waals surface area (Å²) < 4.78 is 4.97. The van der Waals surface area contributed by atoms with E-state index >= 15 is 0 Å². The molecular formula is C18H24N2O5. The summed E-state index contributed by atoms with van der Waals surface area (Å²) in [6.45, 7) is 1.44. The van der Waals surface area contributed by atoms with Gasteiger partial charge in [0.05, 0.1) is 17.7 Å². The molecule has 136 valence electrons. The van der Waals surface area contributed by atoms with Crippen LogP contribution in [0.15, 0.2) is 24.3 Å². The van der Waals surface area contributed by atoms with Crippen LogP contribution in [0.3, 0.4) is 0 Å². The number of carbonyl (C=O) groups excluding carboxylic acids is 3. The topological polar surface area (TPSA) is 87.2 Å². The average Bonchev–Trinajstić information content (AvgIpc) is 2.86. The minimum Gasteiger partial charge on any atom is -0.395 e. The molecular weight excluding hydrogens is 324 g/mol. The van der Waals surface area contributed by atoms with Crippen LogP contribution in [0.25, 0.3) is 0 Å². The smallest absolute Gasteiger partial charge is 0.261 e. The quantitative estimate of drug-likeness (QED) is 0.502. The van der Waals surface area contributed by atoms with Gasteiger partial charge in [0.25, 0.3) is 11.8 Å². The van der Waals surface area contributed by atoms with Crippen LogP contribution in [0.1, 0.15) is 40.0 Å². The van der Waals surface area contributed by atoms with E-state index in [0.717, 1.165) is 0 Å². The van der Waals surface area contributed by atoms with Gasteiger partial charge < -0.3 is 14.7 Å². The number of amides is 3. The molecule has 0 bridgehead atoms. The zero-order valence-electron chi connectivity index (χ0n) is 14.4. The molecule has 3 amide bonds. The second-order valence-corrected chi connectivity index (χ2v) is 5.86. The number of ether oxygens (including phenoxy) is 1. The van der Waals surface area contributed by atoms with Crippen molar-refractivity contribution in [3.05, 3.63) is 35.4 Å². The Morgan fingerprint density at radius 2 is 1.76 bits per heavy atom. The molecule has 1 aliphatic rings. The fraction of sp³-hybridized carbons (Fsp3) is 0.500. The van der Waals surface area contributed by atoms with Crippen molar-refractivity contribution in [2.24, 2.45) is 0 Å². The summed E-state index contributed by atoms with van der Waals surface area (Å²) in [4.78, 5) is 39.6. The maximum absolute atomic E-state index is 12.3. The first-order chi connectivity index (χ1) is 12.1. The molecule has 0 spiro atoms. The van der Waals surface area contributed by atoms with Gasteiger partial charge in [0.2, 0.25) is 5.91 Å². The molecule has 0 atom stereocenters. The normalized spacial score (nSPS) is 13.3. The summed E-state index contributed by atoms with van der Waals surface area (Å²) >= 11 is 0. The predicted molar refractivity (Wildman–Crippen MR) is 91.2 cm³/mol. The van der Waals surface area contributed by atoms with Gasteiger partial charge in [-0.15, -0.1) is 0 Å². The molecule has 1 N–H and O–H groups in total. The molecule has 2 rings (SSSR count). The standard InChI is InChI=1S/C18H24N2O5/c1-25-13-5-9-19(11-12-21)16(22)8-4-10-20-17(23)14-6-2-3-7-15(14)18(20)24/h2-3,6-7,21H,4-5,8-13H2,1H3. The van der Waals surface area contributed by atoms with Crippen molar-refractivity contribution >= 4 is 17.7 Å². The molecule has 0 saturated heterocycles. The van der Waals surface area contributed by atoms with Gasteiger partial charge in [0.1, 0.15) is 0 Å². The third kappa shape index (κ3) is 4.64. The van der Waals surface area contributed by atoms with Crippen LogP contribution in [-0.2, 0) is 9.53 Å². The molecule has 0 fully saturated rings. The average molecular weight is 348 g/mol. The highest BCUT2D eigenvalue weighted by molar-refractivity contribution is 6.21. The van der Waals surface area contributed by atoms with E-state index < -0.39 is 0 Å².